The van der Waals surface area contributed by atoms with Gasteiger partial charge in [-0.1, -0.05) is 35.9 Å². The van der Waals surface area contributed by atoms with Gasteiger partial charge in [0.1, 0.15) is 12.3 Å². The zero-order chi connectivity index (χ0) is 15.5. The highest BCUT2D eigenvalue weighted by atomic mass is 35.5. The van der Waals surface area contributed by atoms with Crippen LogP contribution in [-0.4, -0.2) is 15.5 Å². The lowest BCUT2D eigenvalue weighted by Gasteiger charge is -2.10. The summed E-state index contributed by atoms with van der Waals surface area (Å²) in [5.74, 6) is -0.313. The number of benzene rings is 2. The molecule has 0 radical (unpaired) electrons. The minimum atomic E-state index is -0.577. The lowest BCUT2D eigenvalue weighted by molar-refractivity contribution is -0.135. The van der Waals surface area contributed by atoms with Gasteiger partial charge in [0, 0.05) is 0 Å². The van der Waals surface area contributed by atoms with Crippen LogP contribution in [0.5, 0.6) is 5.75 Å². The number of carbonyl (C=O) groups is 1. The highest BCUT2D eigenvalue weighted by Crippen LogP contribution is 2.23. The van der Waals surface area contributed by atoms with Crippen LogP contribution in [0.25, 0.3) is 11.0 Å². The SMILES string of the molecule is O=C(Cn1c(=O)cnc2ccccc21)Oc1ccccc1Cl. The van der Waals surface area contributed by atoms with Crippen molar-refractivity contribution in [2.75, 3.05) is 0 Å². The van der Waals surface area contributed by atoms with Gasteiger partial charge < -0.3 is 4.74 Å². The summed E-state index contributed by atoms with van der Waals surface area (Å²) in [6, 6.07) is 13.7. The molecule has 1 aromatic heterocycles. The molecule has 0 fully saturated rings. The quantitative estimate of drug-likeness (QED) is 0.551. The highest BCUT2D eigenvalue weighted by molar-refractivity contribution is 6.32. The van der Waals surface area contributed by atoms with Gasteiger partial charge in [-0.05, 0) is 24.3 Å². The number of nitrogens with zero attached hydrogens (tertiary/aromatic N) is 2. The molecule has 0 aliphatic carbocycles. The molecule has 0 spiro atoms. The standard InChI is InChI=1S/C16H11ClN2O3/c17-11-5-1-4-8-14(11)22-16(21)10-19-13-7-3-2-6-12(13)18-9-15(19)20/h1-9H,10H2. The van der Waals surface area contributed by atoms with E-state index in [4.69, 9.17) is 16.3 Å². The van der Waals surface area contributed by atoms with Gasteiger partial charge in [-0.25, -0.2) is 9.78 Å². The summed E-state index contributed by atoms with van der Waals surface area (Å²) < 4.78 is 6.52. The van der Waals surface area contributed by atoms with Crippen LogP contribution < -0.4 is 10.3 Å². The molecule has 22 heavy (non-hydrogen) atoms. The van der Waals surface area contributed by atoms with Gasteiger partial charge in [0.15, 0.2) is 0 Å². The third kappa shape index (κ3) is 2.84. The molecule has 6 heteroatoms. The second kappa shape index (κ2) is 5.99. The molecular weight excluding hydrogens is 304 g/mol. The predicted molar refractivity (Wildman–Crippen MR) is 83.1 cm³/mol. The summed E-state index contributed by atoms with van der Waals surface area (Å²) in [6.07, 6.45) is 1.19. The van der Waals surface area contributed by atoms with Gasteiger partial charge >= 0.3 is 5.97 Å². The minimum absolute atomic E-state index is 0.215. The van der Waals surface area contributed by atoms with Gasteiger partial charge in [-0.15, -0.1) is 0 Å². The number of fused-ring (bicyclic) bond motifs is 1. The predicted octanol–water partition coefficient (Wildman–Crippen LogP) is 2.66. The Morgan fingerprint density at radius 1 is 1.14 bits per heavy atom. The number of esters is 1. The Morgan fingerprint density at radius 3 is 2.68 bits per heavy atom. The molecule has 3 aromatic rings. The van der Waals surface area contributed by atoms with Gasteiger partial charge in [0.25, 0.3) is 5.56 Å². The summed E-state index contributed by atoms with van der Waals surface area (Å²) in [5.41, 5.74) is 0.841. The van der Waals surface area contributed by atoms with Crippen molar-refractivity contribution < 1.29 is 9.53 Å². The van der Waals surface area contributed by atoms with Crippen LogP contribution in [0.4, 0.5) is 0 Å². The molecule has 0 aliphatic rings. The Morgan fingerprint density at radius 2 is 1.86 bits per heavy atom. The summed E-state index contributed by atoms with van der Waals surface area (Å²) in [7, 11) is 0. The van der Waals surface area contributed by atoms with Crippen LogP contribution in [0.2, 0.25) is 5.02 Å². The van der Waals surface area contributed by atoms with Crippen LogP contribution in [0.15, 0.2) is 59.5 Å². The van der Waals surface area contributed by atoms with Crippen molar-refractivity contribution in [1.82, 2.24) is 9.55 Å². The maximum atomic E-state index is 12.1. The maximum Gasteiger partial charge on any atom is 0.331 e. The van der Waals surface area contributed by atoms with E-state index in [1.807, 2.05) is 6.07 Å². The monoisotopic (exact) mass is 314 g/mol. The summed E-state index contributed by atoms with van der Waals surface area (Å²) in [6.45, 7) is -0.215. The lowest BCUT2D eigenvalue weighted by Crippen LogP contribution is -2.27. The molecule has 2 aromatic carbocycles. The van der Waals surface area contributed by atoms with E-state index in [1.165, 1.54) is 10.8 Å². The Kier molecular flexibility index (Phi) is 3.89. The van der Waals surface area contributed by atoms with Crippen molar-refractivity contribution in [3.8, 4) is 5.75 Å². The molecule has 0 saturated carbocycles. The second-order valence-electron chi connectivity index (χ2n) is 4.58. The van der Waals surface area contributed by atoms with E-state index >= 15 is 0 Å². The molecule has 0 atom stereocenters. The zero-order valence-electron chi connectivity index (χ0n) is 11.4. The van der Waals surface area contributed by atoms with Crippen molar-refractivity contribution >= 4 is 28.6 Å². The lowest BCUT2D eigenvalue weighted by atomic mass is 10.3. The Hall–Kier alpha value is -2.66. The van der Waals surface area contributed by atoms with Gasteiger partial charge in [-0.3, -0.25) is 9.36 Å². The Balaban J connectivity index is 1.90. The van der Waals surface area contributed by atoms with E-state index in [2.05, 4.69) is 4.98 Å². The van der Waals surface area contributed by atoms with Crippen molar-refractivity contribution in [1.29, 1.82) is 0 Å². The molecule has 0 N–H and O–H groups in total. The summed E-state index contributed by atoms with van der Waals surface area (Å²) in [4.78, 5) is 28.1. The molecule has 0 amide bonds. The number of aromatic nitrogens is 2. The summed E-state index contributed by atoms with van der Waals surface area (Å²) in [5, 5.41) is 0.336. The van der Waals surface area contributed by atoms with Crippen molar-refractivity contribution in [3.63, 3.8) is 0 Å². The highest BCUT2D eigenvalue weighted by Gasteiger charge is 2.12. The normalized spacial score (nSPS) is 10.6. The van der Waals surface area contributed by atoms with Crippen molar-refractivity contribution in [3.05, 3.63) is 70.1 Å². The van der Waals surface area contributed by atoms with E-state index < -0.39 is 5.97 Å². The first-order valence-electron chi connectivity index (χ1n) is 6.55. The molecule has 5 nitrogen and oxygen atoms in total. The van der Waals surface area contributed by atoms with E-state index in [0.29, 0.717) is 16.1 Å². The molecule has 0 bridgehead atoms. The molecule has 0 unspecified atom stereocenters. The van der Waals surface area contributed by atoms with Crippen LogP contribution >= 0.6 is 11.6 Å². The molecule has 0 saturated heterocycles. The first-order chi connectivity index (χ1) is 10.6. The average Bonchev–Trinajstić information content (AvgIpc) is 2.52. The van der Waals surface area contributed by atoms with Gasteiger partial charge in [0.2, 0.25) is 0 Å². The Labute approximate surface area is 130 Å². The average molecular weight is 315 g/mol. The van der Waals surface area contributed by atoms with E-state index in [-0.39, 0.29) is 17.9 Å². The van der Waals surface area contributed by atoms with E-state index in [0.717, 1.165) is 0 Å². The number of ether oxygens (including phenoxy) is 1. The molecule has 0 aliphatic heterocycles. The topological polar surface area (TPSA) is 61.2 Å². The fraction of sp³-hybridized carbons (Fsp3) is 0.0625. The first-order valence-corrected chi connectivity index (χ1v) is 6.93. The van der Waals surface area contributed by atoms with Gasteiger partial charge in [0.05, 0.1) is 22.3 Å². The molecular formula is C16H11ClN2O3. The van der Waals surface area contributed by atoms with Gasteiger partial charge in [-0.2, -0.15) is 0 Å². The maximum absolute atomic E-state index is 12.1. The van der Waals surface area contributed by atoms with Crippen molar-refractivity contribution in [2.45, 2.75) is 6.54 Å². The third-order valence-electron chi connectivity index (χ3n) is 3.10. The molecule has 3 rings (SSSR count). The van der Waals surface area contributed by atoms with E-state index in [9.17, 15) is 9.59 Å². The van der Waals surface area contributed by atoms with Crippen molar-refractivity contribution in [2.24, 2.45) is 0 Å². The smallest absolute Gasteiger partial charge is 0.331 e. The number of halogens is 1. The van der Waals surface area contributed by atoms with Crippen LogP contribution in [0, 0.1) is 0 Å². The fourth-order valence-electron chi connectivity index (χ4n) is 2.09. The van der Waals surface area contributed by atoms with Crippen LogP contribution in [0.1, 0.15) is 0 Å². The Bertz CT molecular complexity index is 905. The summed E-state index contributed by atoms with van der Waals surface area (Å²) >= 11 is 5.94. The second-order valence-corrected chi connectivity index (χ2v) is 4.98. The fourth-order valence-corrected chi connectivity index (χ4v) is 2.26. The third-order valence-corrected chi connectivity index (χ3v) is 3.41. The number of hydrogen-bond acceptors (Lipinski definition) is 4. The number of para-hydroxylation sites is 3. The molecule has 1 heterocycles. The van der Waals surface area contributed by atoms with Crippen LogP contribution in [0.3, 0.4) is 0 Å². The number of rotatable bonds is 3. The van der Waals surface area contributed by atoms with Crippen LogP contribution in [-0.2, 0) is 11.3 Å². The van der Waals surface area contributed by atoms with E-state index in [1.54, 1.807) is 42.5 Å². The zero-order valence-corrected chi connectivity index (χ0v) is 12.2. The largest absolute Gasteiger partial charge is 0.424 e. The molecule has 110 valence electrons. The number of hydrogen-bond donors (Lipinski definition) is 0. The number of carbonyl (C=O) groups excluding carboxylic acids is 1. The first kappa shape index (κ1) is 14.3. The minimum Gasteiger partial charge on any atom is -0.424 e.